The van der Waals surface area contributed by atoms with Crippen LogP contribution in [0.15, 0.2) is 0 Å². The first-order valence-electron chi connectivity index (χ1n) is 6.28. The molecule has 1 N–H and O–H groups in total. The summed E-state index contributed by atoms with van der Waals surface area (Å²) in [6, 6.07) is 0.418. The van der Waals surface area contributed by atoms with E-state index in [0.29, 0.717) is 12.0 Å². The molecule has 16 heavy (non-hydrogen) atoms. The van der Waals surface area contributed by atoms with Crippen molar-refractivity contribution in [3.05, 3.63) is 0 Å². The minimum atomic E-state index is 0.243. The predicted molar refractivity (Wildman–Crippen MR) is 62.1 cm³/mol. The maximum Gasteiger partial charge on any atom is 0.223 e. The third-order valence-electron chi connectivity index (χ3n) is 3.69. The molecule has 2 rings (SSSR count). The molecule has 92 valence electrons. The fourth-order valence-corrected chi connectivity index (χ4v) is 2.21. The van der Waals surface area contributed by atoms with E-state index in [1.54, 1.807) is 0 Å². The van der Waals surface area contributed by atoms with Crippen molar-refractivity contribution in [2.75, 3.05) is 32.8 Å². The highest BCUT2D eigenvalue weighted by Gasteiger charge is 2.39. The third-order valence-corrected chi connectivity index (χ3v) is 3.69. The molecular formula is C12H22N2O2. The Balaban J connectivity index is 1.66. The van der Waals surface area contributed by atoms with Crippen molar-refractivity contribution in [3.8, 4) is 0 Å². The molecule has 3 atom stereocenters. The molecule has 1 aliphatic heterocycles. The van der Waals surface area contributed by atoms with Gasteiger partial charge in [0.1, 0.15) is 0 Å². The average Bonchev–Trinajstić information content (AvgIpc) is 3.04. The maximum atomic E-state index is 11.6. The quantitative estimate of drug-likeness (QED) is 0.758. The fraction of sp³-hybridized carbons (Fsp3) is 0.917. The first kappa shape index (κ1) is 11.9. The van der Waals surface area contributed by atoms with Crippen LogP contribution in [0, 0.1) is 11.8 Å². The van der Waals surface area contributed by atoms with Gasteiger partial charge in [0, 0.05) is 31.6 Å². The number of hydrogen-bond acceptors (Lipinski definition) is 3. The zero-order valence-electron chi connectivity index (χ0n) is 10.2. The molecule has 1 amide bonds. The highest BCUT2D eigenvalue weighted by Crippen LogP contribution is 2.37. The molecule has 0 aromatic carbocycles. The zero-order chi connectivity index (χ0) is 11.5. The molecule has 0 bridgehead atoms. The van der Waals surface area contributed by atoms with Crippen molar-refractivity contribution in [1.82, 2.24) is 10.2 Å². The van der Waals surface area contributed by atoms with E-state index in [1.165, 1.54) is 0 Å². The van der Waals surface area contributed by atoms with Gasteiger partial charge in [-0.2, -0.15) is 0 Å². The lowest BCUT2D eigenvalue weighted by Crippen LogP contribution is -2.47. The van der Waals surface area contributed by atoms with Crippen molar-refractivity contribution in [2.45, 2.75) is 26.3 Å². The normalized spacial score (nSPS) is 32.1. The number of hydrogen-bond donors (Lipinski definition) is 1. The zero-order valence-corrected chi connectivity index (χ0v) is 10.2. The van der Waals surface area contributed by atoms with Crippen molar-refractivity contribution >= 4 is 5.91 Å². The standard InChI is InChI=1S/C12H22N2O2/c1-9-7-11(9)12(15)13-8-10(2)14-3-5-16-6-4-14/h9-11H,3-8H2,1-2H3,(H,13,15). The van der Waals surface area contributed by atoms with Gasteiger partial charge in [0.05, 0.1) is 13.2 Å². The summed E-state index contributed by atoms with van der Waals surface area (Å²) in [5.41, 5.74) is 0. The summed E-state index contributed by atoms with van der Waals surface area (Å²) in [5.74, 6) is 1.13. The number of amides is 1. The molecule has 1 saturated carbocycles. The maximum absolute atomic E-state index is 11.6. The second kappa shape index (κ2) is 5.15. The molecule has 2 fully saturated rings. The number of morpholine rings is 1. The van der Waals surface area contributed by atoms with Crippen LogP contribution < -0.4 is 5.32 Å². The van der Waals surface area contributed by atoms with Gasteiger partial charge < -0.3 is 10.1 Å². The van der Waals surface area contributed by atoms with Gasteiger partial charge in [-0.05, 0) is 19.3 Å². The van der Waals surface area contributed by atoms with Crippen LogP contribution in [0.5, 0.6) is 0 Å². The summed E-state index contributed by atoms with van der Waals surface area (Å²) < 4.78 is 5.31. The summed E-state index contributed by atoms with van der Waals surface area (Å²) in [6.45, 7) is 8.67. The summed E-state index contributed by atoms with van der Waals surface area (Å²) in [7, 11) is 0. The van der Waals surface area contributed by atoms with E-state index in [4.69, 9.17) is 4.74 Å². The summed E-state index contributed by atoms with van der Waals surface area (Å²) in [4.78, 5) is 14.0. The van der Waals surface area contributed by atoms with Crippen molar-refractivity contribution in [1.29, 1.82) is 0 Å². The SMILES string of the molecule is CC1CC1C(=O)NCC(C)N1CCOCC1. The molecule has 1 saturated heterocycles. The molecule has 2 aliphatic rings. The number of nitrogens with one attached hydrogen (secondary N) is 1. The van der Waals surface area contributed by atoms with E-state index in [0.717, 1.165) is 39.3 Å². The van der Waals surface area contributed by atoms with E-state index < -0.39 is 0 Å². The first-order chi connectivity index (χ1) is 7.68. The average molecular weight is 226 g/mol. The predicted octanol–water partition coefficient (Wildman–Crippen LogP) is 0.479. The number of carbonyl (C=O) groups excluding carboxylic acids is 1. The Kier molecular flexibility index (Phi) is 3.82. The van der Waals surface area contributed by atoms with Crippen LogP contribution in [0.4, 0.5) is 0 Å². The Morgan fingerprint density at radius 1 is 1.50 bits per heavy atom. The summed E-state index contributed by atoms with van der Waals surface area (Å²) in [5, 5.41) is 3.05. The monoisotopic (exact) mass is 226 g/mol. The summed E-state index contributed by atoms with van der Waals surface area (Å²) in [6.07, 6.45) is 1.07. The van der Waals surface area contributed by atoms with Gasteiger partial charge in [0.15, 0.2) is 0 Å². The number of rotatable bonds is 4. The van der Waals surface area contributed by atoms with E-state index >= 15 is 0 Å². The highest BCUT2D eigenvalue weighted by molar-refractivity contribution is 5.81. The lowest BCUT2D eigenvalue weighted by molar-refractivity contribution is -0.122. The van der Waals surface area contributed by atoms with Gasteiger partial charge in [-0.25, -0.2) is 0 Å². The Hall–Kier alpha value is -0.610. The van der Waals surface area contributed by atoms with Gasteiger partial charge in [-0.1, -0.05) is 6.92 Å². The van der Waals surface area contributed by atoms with Gasteiger partial charge in [-0.3, -0.25) is 9.69 Å². The largest absolute Gasteiger partial charge is 0.379 e. The van der Waals surface area contributed by atoms with Crippen molar-refractivity contribution < 1.29 is 9.53 Å². The van der Waals surface area contributed by atoms with Crippen LogP contribution >= 0.6 is 0 Å². The van der Waals surface area contributed by atoms with Crippen molar-refractivity contribution in [3.63, 3.8) is 0 Å². The minimum Gasteiger partial charge on any atom is -0.379 e. The van der Waals surface area contributed by atoms with Crippen LogP contribution in [0.1, 0.15) is 20.3 Å². The first-order valence-corrected chi connectivity index (χ1v) is 6.28. The van der Waals surface area contributed by atoms with E-state index in [2.05, 4.69) is 24.1 Å². The number of nitrogens with zero attached hydrogens (tertiary/aromatic N) is 1. The Labute approximate surface area is 97.3 Å². The van der Waals surface area contributed by atoms with Gasteiger partial charge in [0.25, 0.3) is 0 Å². The second-order valence-corrected chi connectivity index (χ2v) is 5.06. The Morgan fingerprint density at radius 3 is 2.69 bits per heavy atom. The van der Waals surface area contributed by atoms with Crippen LogP contribution in [-0.2, 0) is 9.53 Å². The third kappa shape index (κ3) is 2.95. The molecule has 4 nitrogen and oxygen atoms in total. The summed E-state index contributed by atoms with van der Waals surface area (Å²) >= 11 is 0. The van der Waals surface area contributed by atoms with E-state index in [-0.39, 0.29) is 11.8 Å². The lowest BCUT2D eigenvalue weighted by atomic mass is 10.2. The van der Waals surface area contributed by atoms with Crippen LogP contribution in [0.25, 0.3) is 0 Å². The second-order valence-electron chi connectivity index (χ2n) is 5.06. The molecule has 1 heterocycles. The van der Waals surface area contributed by atoms with E-state index in [1.807, 2.05) is 0 Å². The molecular weight excluding hydrogens is 204 g/mol. The number of ether oxygens (including phenoxy) is 1. The lowest BCUT2D eigenvalue weighted by Gasteiger charge is -2.32. The van der Waals surface area contributed by atoms with Crippen molar-refractivity contribution in [2.24, 2.45) is 11.8 Å². The van der Waals surface area contributed by atoms with Crippen LogP contribution in [0.2, 0.25) is 0 Å². The molecule has 4 heteroatoms. The molecule has 0 spiro atoms. The van der Waals surface area contributed by atoms with Gasteiger partial charge in [-0.15, -0.1) is 0 Å². The smallest absolute Gasteiger partial charge is 0.223 e. The topological polar surface area (TPSA) is 41.6 Å². The molecule has 1 aliphatic carbocycles. The number of carbonyl (C=O) groups is 1. The van der Waals surface area contributed by atoms with E-state index in [9.17, 15) is 4.79 Å². The van der Waals surface area contributed by atoms with Gasteiger partial charge >= 0.3 is 0 Å². The Bertz CT molecular complexity index is 251. The molecule has 0 radical (unpaired) electrons. The van der Waals surface area contributed by atoms with Crippen LogP contribution in [0.3, 0.4) is 0 Å². The fourth-order valence-electron chi connectivity index (χ4n) is 2.21. The minimum absolute atomic E-state index is 0.243. The van der Waals surface area contributed by atoms with Crippen LogP contribution in [-0.4, -0.2) is 49.7 Å². The molecule has 3 unspecified atom stereocenters. The molecule has 0 aromatic rings. The van der Waals surface area contributed by atoms with Gasteiger partial charge in [0.2, 0.25) is 5.91 Å². The Morgan fingerprint density at radius 2 is 2.12 bits per heavy atom. The molecule has 0 aromatic heterocycles. The highest BCUT2D eigenvalue weighted by atomic mass is 16.5.